The van der Waals surface area contributed by atoms with Crippen LogP contribution in [-0.4, -0.2) is 53.7 Å². The third-order valence-corrected chi connectivity index (χ3v) is 4.52. The van der Waals surface area contributed by atoms with Crippen molar-refractivity contribution in [3.63, 3.8) is 0 Å². The fourth-order valence-corrected chi connectivity index (χ4v) is 3.19. The Bertz CT molecular complexity index is 460. The highest BCUT2D eigenvalue weighted by Gasteiger charge is 2.28. The number of amides is 1. The van der Waals surface area contributed by atoms with Crippen molar-refractivity contribution in [3.05, 3.63) is 17.0 Å². The number of H-pyrrole nitrogens is 1. The summed E-state index contributed by atoms with van der Waals surface area (Å²) in [7, 11) is 0. The molecule has 19 heavy (non-hydrogen) atoms. The Hall–Kier alpha value is -1.36. The van der Waals surface area contributed by atoms with Crippen molar-refractivity contribution < 1.29 is 9.69 Å². The monoisotopic (exact) mass is 263 g/mol. The number of hydrogen-bond acceptors (Lipinski definition) is 2. The number of rotatable bonds is 2. The Labute approximate surface area is 114 Å². The molecular weight excluding hydrogens is 240 g/mol. The standard InChI is InChI=1S/C14H22N4O/c1-2-17-7-9-18(10-8-17)14(19)13-11-5-3-4-6-12(11)15-16-13/h2-10H2,1H3,(H,15,16)/p+1. The fraction of sp³-hybridized carbons (Fsp3) is 0.714. The summed E-state index contributed by atoms with van der Waals surface area (Å²) in [5.41, 5.74) is 3.06. The first kappa shape index (κ1) is 12.7. The number of quaternary nitrogens is 1. The summed E-state index contributed by atoms with van der Waals surface area (Å²) < 4.78 is 0. The van der Waals surface area contributed by atoms with Crippen LogP contribution in [0, 0.1) is 0 Å². The van der Waals surface area contributed by atoms with E-state index in [-0.39, 0.29) is 5.91 Å². The minimum absolute atomic E-state index is 0.134. The molecule has 1 aliphatic carbocycles. The lowest BCUT2D eigenvalue weighted by atomic mass is 9.95. The molecule has 0 unspecified atom stereocenters. The summed E-state index contributed by atoms with van der Waals surface area (Å²) in [5.74, 6) is 0.134. The third-order valence-electron chi connectivity index (χ3n) is 4.52. The topological polar surface area (TPSA) is 53.4 Å². The van der Waals surface area contributed by atoms with Gasteiger partial charge in [-0.05, 0) is 32.6 Å². The number of aryl methyl sites for hydroxylation is 1. The molecule has 0 radical (unpaired) electrons. The predicted molar refractivity (Wildman–Crippen MR) is 72.4 cm³/mol. The molecule has 1 fully saturated rings. The summed E-state index contributed by atoms with van der Waals surface area (Å²) in [4.78, 5) is 16.1. The van der Waals surface area contributed by atoms with E-state index in [1.54, 1.807) is 4.90 Å². The summed E-state index contributed by atoms with van der Waals surface area (Å²) in [6, 6.07) is 0. The lowest BCUT2D eigenvalue weighted by Crippen LogP contribution is -3.14. The van der Waals surface area contributed by atoms with Gasteiger partial charge < -0.3 is 9.80 Å². The van der Waals surface area contributed by atoms with Crippen LogP contribution >= 0.6 is 0 Å². The maximum atomic E-state index is 12.6. The molecule has 1 amide bonds. The first-order chi connectivity index (χ1) is 9.29. The maximum absolute atomic E-state index is 12.6. The molecule has 2 aliphatic rings. The molecule has 3 rings (SSSR count). The maximum Gasteiger partial charge on any atom is 0.275 e. The van der Waals surface area contributed by atoms with Crippen molar-refractivity contribution in [1.82, 2.24) is 15.1 Å². The van der Waals surface area contributed by atoms with Gasteiger partial charge in [-0.15, -0.1) is 0 Å². The zero-order chi connectivity index (χ0) is 13.2. The number of fused-ring (bicyclic) bond motifs is 1. The molecule has 1 aromatic heterocycles. The second kappa shape index (κ2) is 5.33. The summed E-state index contributed by atoms with van der Waals surface area (Å²) >= 11 is 0. The second-order valence-electron chi connectivity index (χ2n) is 5.63. The number of piperazine rings is 1. The zero-order valence-corrected chi connectivity index (χ0v) is 11.7. The van der Waals surface area contributed by atoms with E-state index in [1.807, 2.05) is 4.90 Å². The van der Waals surface area contributed by atoms with Crippen molar-refractivity contribution in [2.24, 2.45) is 0 Å². The SMILES string of the molecule is CC[NH+]1CCN(C(=O)c2n[nH]c3c2CCCC3)CC1. The van der Waals surface area contributed by atoms with Gasteiger partial charge in [0.25, 0.3) is 5.91 Å². The van der Waals surface area contributed by atoms with Crippen molar-refractivity contribution in [2.45, 2.75) is 32.6 Å². The van der Waals surface area contributed by atoms with E-state index in [9.17, 15) is 4.79 Å². The number of nitrogens with one attached hydrogen (secondary N) is 2. The smallest absolute Gasteiger partial charge is 0.275 e. The highest BCUT2D eigenvalue weighted by Crippen LogP contribution is 2.23. The van der Waals surface area contributed by atoms with Gasteiger partial charge in [-0.2, -0.15) is 5.10 Å². The molecule has 1 aromatic rings. The normalized spacial score (nSPS) is 20.4. The van der Waals surface area contributed by atoms with E-state index in [2.05, 4.69) is 17.1 Å². The summed E-state index contributed by atoms with van der Waals surface area (Å²) in [6.45, 7) is 7.22. The molecule has 104 valence electrons. The Morgan fingerprint density at radius 3 is 2.79 bits per heavy atom. The van der Waals surface area contributed by atoms with Crippen LogP contribution in [0.2, 0.25) is 0 Å². The van der Waals surface area contributed by atoms with Crippen molar-refractivity contribution in [1.29, 1.82) is 0 Å². The van der Waals surface area contributed by atoms with Gasteiger partial charge in [-0.25, -0.2) is 0 Å². The number of aromatic nitrogens is 2. The number of hydrogen-bond donors (Lipinski definition) is 2. The molecule has 0 spiro atoms. The second-order valence-corrected chi connectivity index (χ2v) is 5.63. The van der Waals surface area contributed by atoms with Gasteiger partial charge in [0, 0.05) is 11.3 Å². The minimum Gasteiger partial charge on any atom is -0.332 e. The molecule has 0 aromatic carbocycles. The molecular formula is C14H23N4O+. The van der Waals surface area contributed by atoms with Crippen LogP contribution in [0.3, 0.4) is 0 Å². The molecule has 0 bridgehead atoms. The van der Waals surface area contributed by atoms with Gasteiger partial charge in [0.2, 0.25) is 0 Å². The van der Waals surface area contributed by atoms with Crippen LogP contribution in [-0.2, 0) is 12.8 Å². The third kappa shape index (κ3) is 2.39. The fourth-order valence-electron chi connectivity index (χ4n) is 3.19. The molecule has 5 nitrogen and oxygen atoms in total. The van der Waals surface area contributed by atoms with Crippen LogP contribution < -0.4 is 4.90 Å². The van der Waals surface area contributed by atoms with E-state index in [0.29, 0.717) is 5.69 Å². The first-order valence-corrected chi connectivity index (χ1v) is 7.48. The van der Waals surface area contributed by atoms with E-state index in [1.165, 1.54) is 24.1 Å². The van der Waals surface area contributed by atoms with Gasteiger partial charge in [-0.3, -0.25) is 9.89 Å². The van der Waals surface area contributed by atoms with Gasteiger partial charge in [0.05, 0.1) is 32.7 Å². The number of carbonyl (C=O) groups is 1. The van der Waals surface area contributed by atoms with E-state index >= 15 is 0 Å². The lowest BCUT2D eigenvalue weighted by molar-refractivity contribution is -0.902. The molecule has 2 heterocycles. The van der Waals surface area contributed by atoms with Crippen LogP contribution in [0.25, 0.3) is 0 Å². The van der Waals surface area contributed by atoms with Crippen LogP contribution in [0.5, 0.6) is 0 Å². The molecule has 1 aliphatic heterocycles. The van der Waals surface area contributed by atoms with Crippen molar-refractivity contribution in [2.75, 3.05) is 32.7 Å². The molecule has 1 saturated heterocycles. The van der Waals surface area contributed by atoms with Crippen LogP contribution in [0.4, 0.5) is 0 Å². The molecule has 0 saturated carbocycles. The highest BCUT2D eigenvalue weighted by molar-refractivity contribution is 5.94. The minimum atomic E-state index is 0.134. The largest absolute Gasteiger partial charge is 0.332 e. The van der Waals surface area contributed by atoms with Crippen LogP contribution in [0.15, 0.2) is 0 Å². The Kier molecular flexibility index (Phi) is 3.55. The average molecular weight is 263 g/mol. The van der Waals surface area contributed by atoms with E-state index in [0.717, 1.165) is 45.6 Å². The number of nitrogens with zero attached hydrogens (tertiary/aromatic N) is 2. The van der Waals surface area contributed by atoms with Gasteiger partial charge in [0.1, 0.15) is 0 Å². The van der Waals surface area contributed by atoms with E-state index < -0.39 is 0 Å². The van der Waals surface area contributed by atoms with Gasteiger partial charge in [-0.1, -0.05) is 0 Å². The first-order valence-electron chi connectivity index (χ1n) is 7.48. The Morgan fingerprint density at radius 1 is 1.32 bits per heavy atom. The summed E-state index contributed by atoms with van der Waals surface area (Å²) in [5, 5.41) is 7.35. The predicted octanol–water partition coefficient (Wildman–Crippen LogP) is -0.351. The molecule has 2 N–H and O–H groups in total. The number of aromatic amines is 1. The number of carbonyl (C=O) groups excluding carboxylic acids is 1. The zero-order valence-electron chi connectivity index (χ0n) is 11.7. The average Bonchev–Trinajstić information content (AvgIpc) is 2.90. The lowest BCUT2D eigenvalue weighted by Gasteiger charge is -2.31. The van der Waals surface area contributed by atoms with Crippen molar-refractivity contribution in [3.8, 4) is 0 Å². The van der Waals surface area contributed by atoms with Gasteiger partial charge in [0.15, 0.2) is 5.69 Å². The van der Waals surface area contributed by atoms with Crippen LogP contribution in [0.1, 0.15) is 41.5 Å². The summed E-state index contributed by atoms with van der Waals surface area (Å²) in [6.07, 6.45) is 4.44. The van der Waals surface area contributed by atoms with E-state index in [4.69, 9.17) is 0 Å². The van der Waals surface area contributed by atoms with Crippen molar-refractivity contribution >= 4 is 5.91 Å². The molecule has 5 heteroatoms. The highest BCUT2D eigenvalue weighted by atomic mass is 16.2. The Morgan fingerprint density at radius 2 is 2.05 bits per heavy atom. The van der Waals surface area contributed by atoms with Gasteiger partial charge >= 0.3 is 0 Å². The quantitative estimate of drug-likeness (QED) is 0.766. The number of likely N-dealkylation sites (N-methyl/N-ethyl adjacent to an activating group) is 1. The molecule has 0 atom stereocenters. The Balaban J connectivity index is 1.72.